The number of nitrogens with two attached hydrogens (primary N) is 1. The van der Waals surface area contributed by atoms with Crippen LogP contribution in [0.1, 0.15) is 32.3 Å². The third-order valence-corrected chi connectivity index (χ3v) is 4.18. The van der Waals surface area contributed by atoms with Gasteiger partial charge in [-0.05, 0) is 46.8 Å². The maximum Gasteiger partial charge on any atom is 0.161 e. The lowest BCUT2D eigenvalue weighted by molar-refractivity contribution is 0.575. The molecule has 1 aromatic carbocycles. The van der Waals surface area contributed by atoms with Crippen LogP contribution < -0.4 is 10.6 Å². The van der Waals surface area contributed by atoms with Gasteiger partial charge in [0.05, 0.1) is 10.2 Å². The predicted molar refractivity (Wildman–Crippen MR) is 85.2 cm³/mol. The molecular formula is C14H18BrFN2S. The van der Waals surface area contributed by atoms with E-state index in [9.17, 15) is 4.39 Å². The molecule has 2 N–H and O–H groups in total. The van der Waals surface area contributed by atoms with E-state index in [2.05, 4.69) is 34.7 Å². The topological polar surface area (TPSA) is 29.3 Å². The normalized spacial score (nSPS) is 14.8. The Labute approximate surface area is 127 Å². The van der Waals surface area contributed by atoms with Crippen molar-refractivity contribution in [2.45, 2.75) is 32.7 Å². The Balaban J connectivity index is 2.38. The Kier molecular flexibility index (Phi) is 4.46. The minimum atomic E-state index is -0.266. The van der Waals surface area contributed by atoms with Gasteiger partial charge in [0.1, 0.15) is 4.99 Å². The second kappa shape index (κ2) is 5.75. The van der Waals surface area contributed by atoms with Gasteiger partial charge in [-0.15, -0.1) is 0 Å². The van der Waals surface area contributed by atoms with Gasteiger partial charge < -0.3 is 10.6 Å². The molecule has 0 spiro atoms. The third kappa shape index (κ3) is 3.26. The summed E-state index contributed by atoms with van der Waals surface area (Å²) in [5, 5.41) is 0. The van der Waals surface area contributed by atoms with E-state index in [1.807, 2.05) is 0 Å². The van der Waals surface area contributed by atoms with Crippen molar-refractivity contribution in [1.82, 2.24) is 0 Å². The fraction of sp³-hybridized carbons (Fsp3) is 0.500. The summed E-state index contributed by atoms with van der Waals surface area (Å²) in [6.07, 6.45) is 2.28. The van der Waals surface area contributed by atoms with Gasteiger partial charge in [-0.2, -0.15) is 0 Å². The summed E-state index contributed by atoms with van der Waals surface area (Å²) in [6, 6.07) is 4.05. The van der Waals surface area contributed by atoms with Crippen molar-refractivity contribution < 1.29 is 4.39 Å². The second-order valence-corrected chi connectivity index (χ2v) is 6.63. The predicted octanol–water partition coefficient (Wildman–Crippen LogP) is 3.85. The van der Waals surface area contributed by atoms with E-state index in [1.54, 1.807) is 12.1 Å². The number of benzene rings is 1. The molecule has 0 unspecified atom stereocenters. The van der Waals surface area contributed by atoms with Gasteiger partial charge in [-0.1, -0.05) is 26.1 Å². The Morgan fingerprint density at radius 1 is 1.53 bits per heavy atom. The zero-order valence-electron chi connectivity index (χ0n) is 11.1. The van der Waals surface area contributed by atoms with Crippen LogP contribution in [0.15, 0.2) is 16.6 Å². The van der Waals surface area contributed by atoms with Crippen molar-refractivity contribution in [2.75, 3.05) is 11.4 Å². The summed E-state index contributed by atoms with van der Waals surface area (Å²) in [7, 11) is 0. The van der Waals surface area contributed by atoms with E-state index >= 15 is 0 Å². The van der Waals surface area contributed by atoms with E-state index in [0.29, 0.717) is 27.7 Å². The molecule has 0 aliphatic heterocycles. The maximum atomic E-state index is 14.5. The Bertz CT molecular complexity index is 500. The average molecular weight is 345 g/mol. The van der Waals surface area contributed by atoms with E-state index < -0.39 is 0 Å². The molecule has 1 aliphatic rings. The number of hydrogen-bond acceptors (Lipinski definition) is 2. The van der Waals surface area contributed by atoms with Crippen molar-refractivity contribution in [3.05, 3.63) is 28.0 Å². The van der Waals surface area contributed by atoms with Crippen LogP contribution in [0.4, 0.5) is 10.1 Å². The molecule has 2 nitrogen and oxygen atoms in total. The van der Waals surface area contributed by atoms with Crippen molar-refractivity contribution in [1.29, 1.82) is 0 Å². The lowest BCUT2D eigenvalue weighted by Crippen LogP contribution is -2.31. The summed E-state index contributed by atoms with van der Waals surface area (Å²) in [5.41, 5.74) is 6.78. The zero-order valence-corrected chi connectivity index (χ0v) is 13.5. The molecule has 0 atom stereocenters. The number of nitrogens with zero attached hydrogens (tertiary/aromatic N) is 1. The van der Waals surface area contributed by atoms with Gasteiger partial charge >= 0.3 is 0 Å². The molecule has 5 heteroatoms. The lowest BCUT2D eigenvalue weighted by Gasteiger charge is -2.27. The Morgan fingerprint density at radius 2 is 2.16 bits per heavy atom. The van der Waals surface area contributed by atoms with Crippen LogP contribution in [0.5, 0.6) is 0 Å². The SMILES string of the molecule is CC(C)CN(c1ccc(C(N)=S)c(Br)c1F)C1CC1. The quantitative estimate of drug-likeness (QED) is 0.822. The molecule has 0 saturated heterocycles. The smallest absolute Gasteiger partial charge is 0.161 e. The van der Waals surface area contributed by atoms with Crippen molar-refractivity contribution in [2.24, 2.45) is 11.7 Å². The molecule has 19 heavy (non-hydrogen) atoms. The average Bonchev–Trinajstić information content (AvgIpc) is 3.13. The molecule has 0 bridgehead atoms. The zero-order chi connectivity index (χ0) is 14.2. The summed E-state index contributed by atoms with van der Waals surface area (Å²) in [4.78, 5) is 2.37. The minimum absolute atomic E-state index is 0.208. The Morgan fingerprint density at radius 3 is 2.63 bits per heavy atom. The number of rotatable bonds is 5. The highest BCUT2D eigenvalue weighted by Crippen LogP contribution is 2.36. The monoisotopic (exact) mass is 344 g/mol. The molecule has 2 rings (SSSR count). The van der Waals surface area contributed by atoms with Crippen molar-refractivity contribution >= 4 is 38.8 Å². The lowest BCUT2D eigenvalue weighted by atomic mass is 10.1. The van der Waals surface area contributed by atoms with E-state index in [-0.39, 0.29) is 10.8 Å². The molecular weight excluding hydrogens is 327 g/mol. The first-order valence-electron chi connectivity index (χ1n) is 6.46. The fourth-order valence-electron chi connectivity index (χ4n) is 2.18. The number of anilines is 1. The molecule has 1 aliphatic carbocycles. The highest BCUT2D eigenvalue weighted by Gasteiger charge is 2.31. The van der Waals surface area contributed by atoms with E-state index in [1.165, 1.54) is 0 Å². The summed E-state index contributed by atoms with van der Waals surface area (Å²) >= 11 is 8.19. The van der Waals surface area contributed by atoms with Crippen LogP contribution in [0, 0.1) is 11.7 Å². The molecule has 0 amide bonds. The molecule has 1 aromatic rings. The highest BCUT2D eigenvalue weighted by atomic mass is 79.9. The minimum Gasteiger partial charge on any atom is -0.389 e. The van der Waals surface area contributed by atoms with Gasteiger partial charge in [0.15, 0.2) is 5.82 Å². The maximum absolute atomic E-state index is 14.5. The first-order chi connectivity index (χ1) is 8.91. The van der Waals surface area contributed by atoms with E-state index in [0.717, 1.165) is 19.4 Å². The first kappa shape index (κ1) is 14.7. The van der Waals surface area contributed by atoms with Crippen molar-refractivity contribution in [3.63, 3.8) is 0 Å². The molecule has 0 heterocycles. The van der Waals surface area contributed by atoms with Crippen molar-refractivity contribution in [3.8, 4) is 0 Å². The molecule has 104 valence electrons. The largest absolute Gasteiger partial charge is 0.389 e. The third-order valence-electron chi connectivity index (χ3n) is 3.19. The summed E-state index contributed by atoms with van der Waals surface area (Å²) in [6.45, 7) is 5.15. The highest BCUT2D eigenvalue weighted by molar-refractivity contribution is 9.10. The van der Waals surface area contributed by atoms with Gasteiger partial charge in [-0.3, -0.25) is 0 Å². The molecule has 0 aromatic heterocycles. The molecule has 0 radical (unpaired) electrons. The van der Waals surface area contributed by atoms with Crippen LogP contribution >= 0.6 is 28.1 Å². The van der Waals surface area contributed by atoms with Gasteiger partial charge in [0.2, 0.25) is 0 Å². The van der Waals surface area contributed by atoms with Crippen LogP contribution in [-0.4, -0.2) is 17.6 Å². The van der Waals surface area contributed by atoms with Gasteiger partial charge in [0.25, 0.3) is 0 Å². The number of hydrogen-bond donors (Lipinski definition) is 1. The van der Waals surface area contributed by atoms with E-state index in [4.69, 9.17) is 18.0 Å². The summed E-state index contributed by atoms with van der Waals surface area (Å²) < 4.78 is 14.9. The van der Waals surface area contributed by atoms with Crippen LogP contribution in [0.2, 0.25) is 0 Å². The van der Waals surface area contributed by atoms with Crippen LogP contribution in [0.3, 0.4) is 0 Å². The van der Waals surface area contributed by atoms with Gasteiger partial charge in [-0.25, -0.2) is 4.39 Å². The summed E-state index contributed by atoms with van der Waals surface area (Å²) in [5.74, 6) is 0.229. The Hall–Kier alpha value is -0.680. The number of halogens is 2. The van der Waals surface area contributed by atoms with Gasteiger partial charge in [0, 0.05) is 18.2 Å². The number of thiocarbonyl (C=S) groups is 1. The van der Waals surface area contributed by atoms with Crippen LogP contribution in [-0.2, 0) is 0 Å². The second-order valence-electron chi connectivity index (χ2n) is 5.40. The van der Waals surface area contributed by atoms with Crippen LogP contribution in [0.25, 0.3) is 0 Å². The molecule has 1 saturated carbocycles. The first-order valence-corrected chi connectivity index (χ1v) is 7.66. The standard InChI is InChI=1S/C14H18BrFN2S/c1-8(2)7-18(9-3-4-9)11-6-5-10(14(17)19)12(15)13(11)16/h5-6,8-9H,3-4,7H2,1-2H3,(H2,17,19). The molecule has 1 fully saturated rings. The fourth-order valence-corrected chi connectivity index (χ4v) is 3.03.